The fraction of sp³-hybridized carbons (Fsp3) is 0.0833. The number of nitrogens with zero attached hydrogens (tertiary/aromatic N) is 1. The molecule has 0 saturated carbocycles. The summed E-state index contributed by atoms with van der Waals surface area (Å²) in [6.45, 7) is 0. The van der Waals surface area contributed by atoms with Crippen molar-refractivity contribution in [3.63, 3.8) is 0 Å². The quantitative estimate of drug-likeness (QED) is 0.595. The van der Waals surface area contributed by atoms with Gasteiger partial charge in [-0.1, -0.05) is 11.6 Å². The van der Waals surface area contributed by atoms with E-state index in [1.807, 2.05) is 0 Å². The number of alkyl halides is 3. The summed E-state index contributed by atoms with van der Waals surface area (Å²) in [5, 5.41) is 1.08. The summed E-state index contributed by atoms with van der Waals surface area (Å²) >= 11 is 5.83. The van der Waals surface area contributed by atoms with Gasteiger partial charge in [-0.2, -0.15) is 13.2 Å². The van der Waals surface area contributed by atoms with Gasteiger partial charge in [-0.05, 0) is 24.3 Å². The Kier molecular flexibility index (Phi) is 2.28. The first-order valence-electron chi connectivity index (χ1n) is 5.00. The van der Waals surface area contributed by atoms with Crippen LogP contribution in [0.3, 0.4) is 0 Å². The van der Waals surface area contributed by atoms with Crippen molar-refractivity contribution in [2.45, 2.75) is 6.18 Å². The lowest BCUT2D eigenvalue weighted by Crippen LogP contribution is -2.04. The van der Waals surface area contributed by atoms with Crippen molar-refractivity contribution in [1.82, 2.24) is 4.98 Å². The number of benzene rings is 1. The number of furan rings is 1. The molecule has 0 unspecified atom stereocenters. The number of pyridine rings is 1. The van der Waals surface area contributed by atoms with Crippen LogP contribution < -0.4 is 0 Å². The van der Waals surface area contributed by atoms with Crippen molar-refractivity contribution in [3.05, 3.63) is 41.0 Å². The number of rotatable bonds is 0. The lowest BCUT2D eigenvalue weighted by molar-refractivity contribution is -0.137. The van der Waals surface area contributed by atoms with Gasteiger partial charge in [0.1, 0.15) is 11.1 Å². The molecule has 0 N–H and O–H groups in total. The molecule has 2 nitrogen and oxygen atoms in total. The summed E-state index contributed by atoms with van der Waals surface area (Å²) in [5.74, 6) is 0. The zero-order valence-electron chi connectivity index (χ0n) is 8.75. The van der Waals surface area contributed by atoms with Crippen LogP contribution in [0, 0.1) is 0 Å². The van der Waals surface area contributed by atoms with Gasteiger partial charge < -0.3 is 4.42 Å². The van der Waals surface area contributed by atoms with Gasteiger partial charge in [0, 0.05) is 16.6 Å². The summed E-state index contributed by atoms with van der Waals surface area (Å²) in [5.41, 5.74) is 0.101. The Labute approximate surface area is 104 Å². The van der Waals surface area contributed by atoms with E-state index in [1.54, 1.807) is 18.2 Å². The number of hydrogen-bond acceptors (Lipinski definition) is 2. The number of fused-ring (bicyclic) bond motifs is 3. The van der Waals surface area contributed by atoms with E-state index >= 15 is 0 Å². The molecule has 0 saturated heterocycles. The highest BCUT2D eigenvalue weighted by molar-refractivity contribution is 6.31. The molecule has 0 spiro atoms. The first kappa shape index (κ1) is 11.3. The second kappa shape index (κ2) is 3.62. The topological polar surface area (TPSA) is 26.0 Å². The van der Waals surface area contributed by atoms with Crippen LogP contribution in [-0.4, -0.2) is 4.98 Å². The summed E-state index contributed by atoms with van der Waals surface area (Å²) < 4.78 is 42.9. The molecule has 0 aliphatic rings. The third-order valence-corrected chi connectivity index (χ3v) is 2.83. The number of aromatic nitrogens is 1. The molecule has 92 valence electrons. The zero-order chi connectivity index (χ0) is 12.9. The monoisotopic (exact) mass is 271 g/mol. The summed E-state index contributed by atoms with van der Waals surface area (Å²) in [7, 11) is 0. The largest absolute Gasteiger partial charge is 0.454 e. The normalized spacial score (nSPS) is 12.4. The molecule has 0 aliphatic heterocycles. The van der Waals surface area contributed by atoms with Crippen LogP contribution in [0.25, 0.3) is 22.1 Å². The predicted octanol–water partition coefficient (Wildman–Crippen LogP) is 4.65. The molecule has 2 aromatic heterocycles. The van der Waals surface area contributed by atoms with Gasteiger partial charge >= 0.3 is 6.18 Å². The molecule has 0 aliphatic carbocycles. The molecule has 0 fully saturated rings. The average Bonchev–Trinajstić information content (AvgIpc) is 2.65. The fourth-order valence-corrected chi connectivity index (χ4v) is 1.95. The maximum absolute atomic E-state index is 12.5. The van der Waals surface area contributed by atoms with Crippen molar-refractivity contribution >= 4 is 33.7 Å². The lowest BCUT2D eigenvalue weighted by Gasteiger charge is -2.04. The highest BCUT2D eigenvalue weighted by Gasteiger charge is 2.31. The van der Waals surface area contributed by atoms with E-state index in [9.17, 15) is 13.2 Å². The molecule has 3 rings (SSSR count). The Morgan fingerprint density at radius 2 is 1.89 bits per heavy atom. The fourth-order valence-electron chi connectivity index (χ4n) is 1.77. The van der Waals surface area contributed by atoms with E-state index in [4.69, 9.17) is 16.0 Å². The highest BCUT2D eigenvalue weighted by Crippen LogP contribution is 2.34. The summed E-state index contributed by atoms with van der Waals surface area (Å²) in [6, 6.07) is 5.77. The van der Waals surface area contributed by atoms with Crippen LogP contribution in [-0.2, 0) is 6.18 Å². The first-order valence-corrected chi connectivity index (χ1v) is 5.38. The van der Waals surface area contributed by atoms with E-state index in [0.29, 0.717) is 21.5 Å². The third kappa shape index (κ3) is 1.71. The molecule has 3 aromatic rings. The van der Waals surface area contributed by atoms with Crippen LogP contribution in [0.1, 0.15) is 5.56 Å². The van der Waals surface area contributed by atoms with Crippen molar-refractivity contribution in [2.24, 2.45) is 0 Å². The Bertz CT molecular complexity index is 748. The zero-order valence-corrected chi connectivity index (χ0v) is 9.51. The summed E-state index contributed by atoms with van der Waals surface area (Å²) in [4.78, 5) is 3.80. The minimum atomic E-state index is -4.43. The molecule has 0 atom stereocenters. The minimum Gasteiger partial charge on any atom is -0.454 e. The van der Waals surface area contributed by atoms with Crippen LogP contribution in [0.4, 0.5) is 13.2 Å². The van der Waals surface area contributed by atoms with Crippen molar-refractivity contribution in [3.8, 4) is 0 Å². The van der Waals surface area contributed by atoms with Crippen molar-refractivity contribution < 1.29 is 17.6 Å². The first-order chi connectivity index (χ1) is 8.45. The van der Waals surface area contributed by atoms with E-state index in [0.717, 1.165) is 12.3 Å². The van der Waals surface area contributed by atoms with Crippen LogP contribution in [0.5, 0.6) is 0 Å². The van der Waals surface area contributed by atoms with Crippen molar-refractivity contribution in [1.29, 1.82) is 0 Å². The molecule has 0 radical (unpaired) electrons. The Balaban J connectivity index is 2.34. The van der Waals surface area contributed by atoms with Gasteiger partial charge in [0.2, 0.25) is 0 Å². The minimum absolute atomic E-state index is 0.0992. The smallest absolute Gasteiger partial charge is 0.418 e. The van der Waals surface area contributed by atoms with Gasteiger partial charge in [0.15, 0.2) is 5.58 Å². The van der Waals surface area contributed by atoms with E-state index in [-0.39, 0.29) is 5.58 Å². The van der Waals surface area contributed by atoms with E-state index < -0.39 is 11.7 Å². The average molecular weight is 272 g/mol. The maximum Gasteiger partial charge on any atom is 0.418 e. The molecule has 6 heteroatoms. The molecule has 18 heavy (non-hydrogen) atoms. The third-order valence-electron chi connectivity index (χ3n) is 2.60. The Hall–Kier alpha value is -1.75. The van der Waals surface area contributed by atoms with Crippen LogP contribution >= 0.6 is 11.6 Å². The SMILES string of the molecule is FC(F)(F)c1cnc2c(c1)oc1ccc(Cl)cc12. The highest BCUT2D eigenvalue weighted by atomic mass is 35.5. The molecule has 2 heterocycles. The Morgan fingerprint density at radius 1 is 1.11 bits per heavy atom. The number of hydrogen-bond donors (Lipinski definition) is 0. The number of halogens is 4. The second-order valence-corrected chi connectivity index (χ2v) is 4.25. The van der Waals surface area contributed by atoms with Crippen molar-refractivity contribution in [2.75, 3.05) is 0 Å². The van der Waals surface area contributed by atoms with Gasteiger partial charge in [0.25, 0.3) is 0 Å². The maximum atomic E-state index is 12.5. The molecular formula is C12H5ClF3NO. The summed E-state index contributed by atoms with van der Waals surface area (Å²) in [6.07, 6.45) is -3.64. The van der Waals surface area contributed by atoms with Gasteiger partial charge in [-0.25, -0.2) is 0 Å². The Morgan fingerprint density at radius 3 is 2.61 bits per heavy atom. The lowest BCUT2D eigenvalue weighted by atomic mass is 10.2. The predicted molar refractivity (Wildman–Crippen MR) is 61.5 cm³/mol. The van der Waals surface area contributed by atoms with E-state index in [2.05, 4.69) is 4.98 Å². The van der Waals surface area contributed by atoms with Gasteiger partial charge in [-0.3, -0.25) is 4.98 Å². The van der Waals surface area contributed by atoms with Crippen LogP contribution in [0.2, 0.25) is 5.02 Å². The van der Waals surface area contributed by atoms with Gasteiger partial charge in [-0.15, -0.1) is 0 Å². The molecular weight excluding hydrogens is 267 g/mol. The second-order valence-electron chi connectivity index (χ2n) is 3.81. The van der Waals surface area contributed by atoms with E-state index in [1.165, 1.54) is 0 Å². The standard InChI is InChI=1S/C12H5ClF3NO/c13-7-1-2-9-8(4-7)11-10(18-9)3-6(5-17-11)12(14,15)16/h1-5H. The molecule has 0 bridgehead atoms. The molecule has 1 aromatic carbocycles. The van der Waals surface area contributed by atoms with Crippen LogP contribution in [0.15, 0.2) is 34.9 Å². The van der Waals surface area contributed by atoms with Gasteiger partial charge in [0.05, 0.1) is 5.56 Å². The molecule has 0 amide bonds.